The molecule has 19 nitrogen and oxygen atoms in total. The molecule has 1 aromatic carbocycles. The summed E-state index contributed by atoms with van der Waals surface area (Å²) in [6.07, 6.45) is -8.86. The Labute approximate surface area is 248 Å². The maximum absolute atomic E-state index is 12.7. The smallest absolute Gasteiger partial charge is 0.340 e. The highest BCUT2D eigenvalue weighted by atomic mass is 31.2. The summed E-state index contributed by atoms with van der Waals surface area (Å²) in [7, 11) is -9.73. The van der Waals surface area contributed by atoms with Gasteiger partial charge in [0.05, 0.1) is 19.5 Å². The summed E-state index contributed by atoms with van der Waals surface area (Å²) in [5, 5.41) is 41.8. The van der Waals surface area contributed by atoms with Gasteiger partial charge in [-0.2, -0.15) is 0 Å². The number of imidazole rings is 1. The minimum Gasteiger partial charge on any atom is -0.387 e. The van der Waals surface area contributed by atoms with E-state index in [-0.39, 0.29) is 22.5 Å². The number of aliphatic hydroxyl groups is 4. The number of aromatic nitrogens is 4. The Morgan fingerprint density at radius 1 is 0.932 bits per heavy atom. The van der Waals surface area contributed by atoms with Gasteiger partial charge < -0.3 is 60.2 Å². The van der Waals surface area contributed by atoms with Gasteiger partial charge in [0, 0.05) is 5.56 Å². The molecule has 2 aliphatic rings. The molecule has 240 valence electrons. The van der Waals surface area contributed by atoms with Crippen LogP contribution in [-0.2, 0) is 27.7 Å². The summed E-state index contributed by atoms with van der Waals surface area (Å²) in [5.41, 5.74) is 11.9. The van der Waals surface area contributed by atoms with Crippen molar-refractivity contribution in [2.24, 2.45) is 5.73 Å². The number of nitrogen functional groups attached to an aromatic ring is 1. The van der Waals surface area contributed by atoms with Crippen molar-refractivity contribution >= 4 is 38.1 Å². The van der Waals surface area contributed by atoms with E-state index in [0.717, 1.165) is 6.33 Å². The molecule has 5 rings (SSSR count). The number of primary amides is 1. The summed E-state index contributed by atoms with van der Waals surface area (Å²) in [5.74, 6) is -2.04. The molecule has 2 fully saturated rings. The highest BCUT2D eigenvalue weighted by molar-refractivity contribution is 7.70. The van der Waals surface area contributed by atoms with Crippen molar-refractivity contribution in [1.29, 1.82) is 0 Å². The van der Waals surface area contributed by atoms with E-state index in [2.05, 4.69) is 15.0 Å². The second kappa shape index (κ2) is 12.5. The largest absolute Gasteiger partial charge is 0.387 e. The maximum atomic E-state index is 12.7. The van der Waals surface area contributed by atoms with Crippen LogP contribution in [0.25, 0.3) is 11.2 Å². The average Bonchev–Trinajstić information content (AvgIpc) is 3.61. The van der Waals surface area contributed by atoms with E-state index in [4.69, 9.17) is 30.0 Å². The van der Waals surface area contributed by atoms with E-state index in [1.165, 1.54) is 35.2 Å². The SMILES string of the molecule is NC(=O)c1cccc([C@@H]2O[C@H](COP(=O)(O)CP(=O)(O)OC[C@H]3O[C@@H](n4cnc5c(N)ncnc54)[C@H](O)[C@@H]3O)[C@@H](O)[C@H]2O)c1. The number of amides is 1. The molecule has 0 spiro atoms. The Balaban J connectivity index is 1.16. The number of ether oxygens (including phenoxy) is 2. The van der Waals surface area contributed by atoms with Crippen molar-refractivity contribution in [3.8, 4) is 0 Å². The quantitative estimate of drug-likeness (QED) is 0.107. The number of hydrogen-bond donors (Lipinski definition) is 8. The lowest BCUT2D eigenvalue weighted by Gasteiger charge is -2.21. The minimum atomic E-state index is -4.87. The first-order chi connectivity index (χ1) is 20.7. The molecular formula is C23H30N6O13P2. The standard InChI is InChI=1S/C23H30N6O13P2/c24-20-14-22(27-7-26-20)29(8-28-14)23-18(33)16(31)13(42-23)6-40-44(37,38)9-43(35,36)39-5-12-15(30)17(32)19(41-12)10-2-1-3-11(4-10)21(25)34/h1-4,7-8,12-13,15-19,23,30-33H,5-6,9H2,(H2,25,34)(H,35,36)(H,37,38)(H2,24,26,27)/t12-,13-,15-,16-,17-,18-,19+,23-/m1/s1. The number of rotatable bonds is 11. The van der Waals surface area contributed by atoms with Gasteiger partial charge in [-0.1, -0.05) is 12.1 Å². The number of carbonyl (C=O) groups is 1. The fourth-order valence-electron chi connectivity index (χ4n) is 4.87. The van der Waals surface area contributed by atoms with Crippen LogP contribution >= 0.6 is 15.2 Å². The maximum Gasteiger partial charge on any atom is 0.340 e. The van der Waals surface area contributed by atoms with Crippen molar-refractivity contribution in [2.75, 3.05) is 24.9 Å². The van der Waals surface area contributed by atoms with Gasteiger partial charge >= 0.3 is 15.2 Å². The molecule has 3 aromatic rings. The lowest BCUT2D eigenvalue weighted by atomic mass is 10.00. The van der Waals surface area contributed by atoms with Crippen LogP contribution in [0.3, 0.4) is 0 Å². The molecule has 1 amide bonds. The Kier molecular flexibility index (Phi) is 9.21. The number of fused-ring (bicyclic) bond motifs is 1. The van der Waals surface area contributed by atoms with Crippen LogP contribution in [-0.4, -0.2) is 111 Å². The number of anilines is 1. The molecular weight excluding hydrogens is 630 g/mol. The first-order valence-electron chi connectivity index (χ1n) is 13.0. The molecule has 0 aliphatic carbocycles. The minimum absolute atomic E-state index is 0.0681. The van der Waals surface area contributed by atoms with Gasteiger partial charge in [-0.3, -0.25) is 18.5 Å². The number of carbonyl (C=O) groups excluding carboxylic acids is 1. The van der Waals surface area contributed by atoms with Crippen molar-refractivity contribution in [3.63, 3.8) is 0 Å². The molecule has 10 N–H and O–H groups in total. The molecule has 2 aromatic heterocycles. The number of hydrogen-bond acceptors (Lipinski definition) is 15. The number of nitrogens with zero attached hydrogens (tertiary/aromatic N) is 4. The van der Waals surface area contributed by atoms with Gasteiger partial charge in [-0.05, 0) is 17.7 Å². The van der Waals surface area contributed by atoms with E-state index >= 15 is 0 Å². The molecule has 2 aliphatic heterocycles. The van der Waals surface area contributed by atoms with Gasteiger partial charge in [0.2, 0.25) is 5.91 Å². The molecule has 21 heteroatoms. The van der Waals surface area contributed by atoms with Crippen LogP contribution in [0, 0.1) is 0 Å². The third kappa shape index (κ3) is 6.69. The summed E-state index contributed by atoms with van der Waals surface area (Å²) in [4.78, 5) is 43.8. The van der Waals surface area contributed by atoms with Crippen LogP contribution in [0.1, 0.15) is 28.3 Å². The van der Waals surface area contributed by atoms with E-state index in [1.54, 1.807) is 0 Å². The van der Waals surface area contributed by atoms with E-state index in [0.29, 0.717) is 5.56 Å². The van der Waals surface area contributed by atoms with Gasteiger partial charge in [0.25, 0.3) is 0 Å². The van der Waals surface area contributed by atoms with E-state index < -0.39 is 89.2 Å². The van der Waals surface area contributed by atoms with Gasteiger partial charge in [-0.25, -0.2) is 15.0 Å². The summed E-state index contributed by atoms with van der Waals surface area (Å²) in [6, 6.07) is 5.80. The second-order valence-electron chi connectivity index (χ2n) is 10.2. The Morgan fingerprint density at radius 3 is 2.23 bits per heavy atom. The zero-order valence-electron chi connectivity index (χ0n) is 22.6. The van der Waals surface area contributed by atoms with Crippen LogP contribution < -0.4 is 11.5 Å². The average molecular weight is 660 g/mol. The fraction of sp³-hybridized carbons (Fsp3) is 0.478. The zero-order valence-corrected chi connectivity index (χ0v) is 24.4. The summed E-state index contributed by atoms with van der Waals surface area (Å²) < 4.78 is 47.6. The summed E-state index contributed by atoms with van der Waals surface area (Å²) in [6.45, 7) is -1.53. The predicted octanol–water partition coefficient (Wildman–Crippen LogP) is -1.65. The van der Waals surface area contributed by atoms with E-state index in [9.17, 15) is 44.1 Å². The first-order valence-corrected chi connectivity index (χ1v) is 16.5. The number of nitrogens with two attached hydrogens (primary N) is 2. The van der Waals surface area contributed by atoms with Crippen LogP contribution in [0.15, 0.2) is 36.9 Å². The van der Waals surface area contributed by atoms with Crippen molar-refractivity contribution < 1.29 is 62.7 Å². The van der Waals surface area contributed by atoms with Crippen LogP contribution in [0.4, 0.5) is 5.82 Å². The molecule has 0 bridgehead atoms. The zero-order chi connectivity index (χ0) is 32.0. The molecule has 4 heterocycles. The highest BCUT2D eigenvalue weighted by Gasteiger charge is 2.47. The second-order valence-corrected chi connectivity index (χ2v) is 14.4. The van der Waals surface area contributed by atoms with Gasteiger partial charge in [-0.15, -0.1) is 0 Å². The Bertz CT molecular complexity index is 1630. The van der Waals surface area contributed by atoms with Crippen molar-refractivity contribution in [1.82, 2.24) is 19.5 Å². The van der Waals surface area contributed by atoms with Crippen molar-refractivity contribution in [2.45, 2.75) is 49.0 Å². The predicted molar refractivity (Wildman–Crippen MR) is 147 cm³/mol. The topological polar surface area (TPSA) is 305 Å². The van der Waals surface area contributed by atoms with E-state index in [1.807, 2.05) is 0 Å². The number of aliphatic hydroxyl groups excluding tert-OH is 4. The third-order valence-electron chi connectivity index (χ3n) is 7.10. The molecule has 0 saturated carbocycles. The van der Waals surface area contributed by atoms with Crippen molar-refractivity contribution in [3.05, 3.63) is 48.0 Å². The lowest BCUT2D eigenvalue weighted by molar-refractivity contribution is -0.0484. The molecule has 44 heavy (non-hydrogen) atoms. The fourth-order valence-corrected chi connectivity index (χ4v) is 8.09. The monoisotopic (exact) mass is 660 g/mol. The molecule has 0 radical (unpaired) electrons. The third-order valence-corrected chi connectivity index (χ3v) is 11.1. The summed E-state index contributed by atoms with van der Waals surface area (Å²) >= 11 is 0. The first kappa shape index (κ1) is 32.5. The van der Waals surface area contributed by atoms with Crippen LogP contribution in [0.5, 0.6) is 0 Å². The lowest BCUT2D eigenvalue weighted by Crippen LogP contribution is -2.33. The Hall–Kier alpha value is -2.90. The Morgan fingerprint density at radius 2 is 1.57 bits per heavy atom. The molecule has 2 unspecified atom stereocenters. The number of benzene rings is 1. The normalized spacial score (nSPS) is 31.6. The van der Waals surface area contributed by atoms with Crippen LogP contribution in [0.2, 0.25) is 0 Å². The highest BCUT2D eigenvalue weighted by Crippen LogP contribution is 2.58. The van der Waals surface area contributed by atoms with Gasteiger partial charge in [0.1, 0.15) is 54.6 Å². The molecule has 2 saturated heterocycles. The van der Waals surface area contributed by atoms with Gasteiger partial charge in [0.15, 0.2) is 23.6 Å². The molecule has 10 atom stereocenters.